The van der Waals surface area contributed by atoms with Gasteiger partial charge in [0.25, 0.3) is 0 Å². The molecule has 0 radical (unpaired) electrons. The summed E-state index contributed by atoms with van der Waals surface area (Å²) < 4.78 is 37.9. The summed E-state index contributed by atoms with van der Waals surface area (Å²) in [6.45, 7) is 7.04. The summed E-state index contributed by atoms with van der Waals surface area (Å²) in [5.74, 6) is -0.218. The second-order valence-electron chi connectivity index (χ2n) is 7.05. The van der Waals surface area contributed by atoms with Crippen molar-refractivity contribution in [3.63, 3.8) is 0 Å². The van der Waals surface area contributed by atoms with Crippen molar-refractivity contribution in [1.82, 2.24) is 4.90 Å². The lowest BCUT2D eigenvalue weighted by Crippen LogP contribution is -2.53. The zero-order chi connectivity index (χ0) is 20.3. The molecule has 3 rings (SSSR count). The van der Waals surface area contributed by atoms with Crippen molar-refractivity contribution in [1.29, 1.82) is 0 Å². The highest BCUT2D eigenvalue weighted by molar-refractivity contribution is 5.94. The first-order valence-electron chi connectivity index (χ1n) is 9.28. The Bertz CT molecular complexity index is 812. The number of rotatable bonds is 4. The standard InChI is InChI=1S/C21H24F3N3O/c1-15-5-3-4-6-19(15)27-13-11-26(12-14-27)16(2)20(28)25-18-9-7-17(8-10-18)21(22,23)24/h3-10,16H,11-14H2,1-2H3,(H,25,28)/t16-/m0/s1. The number of nitrogens with zero attached hydrogens (tertiary/aromatic N) is 2. The maximum absolute atomic E-state index is 12.6. The van der Waals surface area contributed by atoms with E-state index in [-0.39, 0.29) is 11.9 Å². The van der Waals surface area contributed by atoms with E-state index >= 15 is 0 Å². The van der Waals surface area contributed by atoms with Crippen LogP contribution in [0.3, 0.4) is 0 Å². The molecule has 1 N–H and O–H groups in total. The highest BCUT2D eigenvalue weighted by atomic mass is 19.4. The Morgan fingerprint density at radius 2 is 1.61 bits per heavy atom. The van der Waals surface area contributed by atoms with Gasteiger partial charge in [-0.15, -0.1) is 0 Å². The Morgan fingerprint density at radius 1 is 1.00 bits per heavy atom. The van der Waals surface area contributed by atoms with Crippen LogP contribution >= 0.6 is 0 Å². The van der Waals surface area contributed by atoms with Crippen LogP contribution in [0.25, 0.3) is 0 Å². The number of carbonyl (C=O) groups excluding carboxylic acids is 1. The summed E-state index contributed by atoms with van der Waals surface area (Å²) in [4.78, 5) is 16.9. The summed E-state index contributed by atoms with van der Waals surface area (Å²) in [7, 11) is 0. The van der Waals surface area contributed by atoms with Gasteiger partial charge in [-0.3, -0.25) is 9.69 Å². The van der Waals surface area contributed by atoms with Gasteiger partial charge >= 0.3 is 6.18 Å². The van der Waals surface area contributed by atoms with Crippen molar-refractivity contribution in [3.05, 3.63) is 59.7 Å². The van der Waals surface area contributed by atoms with E-state index < -0.39 is 11.7 Å². The molecular formula is C21H24F3N3O. The fourth-order valence-corrected chi connectivity index (χ4v) is 3.42. The maximum Gasteiger partial charge on any atom is 0.416 e. The summed E-state index contributed by atoms with van der Waals surface area (Å²) in [5, 5.41) is 2.71. The van der Waals surface area contributed by atoms with E-state index in [0.717, 1.165) is 38.3 Å². The van der Waals surface area contributed by atoms with E-state index in [1.807, 2.05) is 19.1 Å². The van der Waals surface area contributed by atoms with Gasteiger partial charge in [-0.1, -0.05) is 18.2 Å². The van der Waals surface area contributed by atoms with Gasteiger partial charge in [0, 0.05) is 37.6 Å². The van der Waals surface area contributed by atoms with Crippen LogP contribution in [0, 0.1) is 6.92 Å². The van der Waals surface area contributed by atoms with E-state index in [2.05, 4.69) is 34.2 Å². The third-order valence-electron chi connectivity index (χ3n) is 5.18. The molecule has 2 aromatic carbocycles. The predicted octanol–water partition coefficient (Wildman–Crippen LogP) is 4.16. The first-order valence-corrected chi connectivity index (χ1v) is 9.28. The fourth-order valence-electron chi connectivity index (χ4n) is 3.42. The van der Waals surface area contributed by atoms with Crippen molar-refractivity contribution in [2.75, 3.05) is 36.4 Å². The molecule has 0 bridgehead atoms. The SMILES string of the molecule is Cc1ccccc1N1CCN([C@@H](C)C(=O)Nc2ccc(C(F)(F)F)cc2)CC1. The number of piperazine rings is 1. The number of carbonyl (C=O) groups is 1. The van der Waals surface area contributed by atoms with E-state index in [0.29, 0.717) is 5.69 Å². The Morgan fingerprint density at radius 3 is 2.18 bits per heavy atom. The number of hydrogen-bond acceptors (Lipinski definition) is 3. The zero-order valence-electron chi connectivity index (χ0n) is 16.0. The smallest absolute Gasteiger partial charge is 0.369 e. The van der Waals surface area contributed by atoms with E-state index in [1.54, 1.807) is 0 Å². The molecule has 7 heteroatoms. The topological polar surface area (TPSA) is 35.6 Å². The number of alkyl halides is 3. The summed E-state index contributed by atoms with van der Waals surface area (Å²) >= 11 is 0. The average Bonchev–Trinajstić information content (AvgIpc) is 2.67. The Balaban J connectivity index is 1.55. The second kappa shape index (κ2) is 8.22. The molecule has 0 aliphatic carbocycles. The predicted molar refractivity (Wildman–Crippen MR) is 105 cm³/mol. The van der Waals surface area contributed by atoms with Gasteiger partial charge in [-0.2, -0.15) is 13.2 Å². The van der Waals surface area contributed by atoms with Crippen LogP contribution in [0.4, 0.5) is 24.5 Å². The molecule has 1 fully saturated rings. The van der Waals surface area contributed by atoms with Gasteiger partial charge in [-0.05, 0) is 49.7 Å². The van der Waals surface area contributed by atoms with Crippen molar-refractivity contribution >= 4 is 17.3 Å². The summed E-state index contributed by atoms with van der Waals surface area (Å²) in [6, 6.07) is 12.4. The molecule has 0 unspecified atom stereocenters. The Kier molecular flexibility index (Phi) is 5.93. The zero-order valence-corrected chi connectivity index (χ0v) is 16.0. The van der Waals surface area contributed by atoms with Gasteiger partial charge < -0.3 is 10.2 Å². The molecule has 0 saturated carbocycles. The molecule has 2 aromatic rings. The van der Waals surface area contributed by atoms with Crippen molar-refractivity contribution in [2.24, 2.45) is 0 Å². The molecule has 150 valence electrons. The third-order valence-corrected chi connectivity index (χ3v) is 5.18. The minimum atomic E-state index is -4.38. The van der Waals surface area contributed by atoms with Gasteiger partial charge in [0.05, 0.1) is 11.6 Å². The van der Waals surface area contributed by atoms with Crippen LogP contribution in [-0.2, 0) is 11.0 Å². The molecule has 4 nitrogen and oxygen atoms in total. The second-order valence-corrected chi connectivity index (χ2v) is 7.05. The van der Waals surface area contributed by atoms with Gasteiger partial charge in [-0.25, -0.2) is 0 Å². The minimum absolute atomic E-state index is 0.218. The molecule has 1 aliphatic rings. The molecule has 0 aromatic heterocycles. The first-order chi connectivity index (χ1) is 13.3. The Hall–Kier alpha value is -2.54. The number of anilines is 2. The number of para-hydroxylation sites is 1. The molecule has 1 amide bonds. The fraction of sp³-hybridized carbons (Fsp3) is 0.381. The Labute approximate surface area is 162 Å². The van der Waals surface area contributed by atoms with Crippen LogP contribution in [0.15, 0.2) is 48.5 Å². The summed E-state index contributed by atoms with van der Waals surface area (Å²) in [6.07, 6.45) is -4.38. The van der Waals surface area contributed by atoms with Crippen molar-refractivity contribution in [2.45, 2.75) is 26.1 Å². The van der Waals surface area contributed by atoms with Gasteiger partial charge in [0.1, 0.15) is 0 Å². The first kappa shape index (κ1) is 20.2. The van der Waals surface area contributed by atoms with Crippen LogP contribution in [0.1, 0.15) is 18.1 Å². The number of aryl methyl sites for hydroxylation is 1. The highest BCUT2D eigenvalue weighted by Gasteiger charge is 2.30. The van der Waals surface area contributed by atoms with E-state index in [4.69, 9.17) is 0 Å². The number of amides is 1. The van der Waals surface area contributed by atoms with Crippen molar-refractivity contribution < 1.29 is 18.0 Å². The monoisotopic (exact) mass is 391 g/mol. The normalized spacial score (nSPS) is 16.7. The number of halogens is 3. The molecular weight excluding hydrogens is 367 g/mol. The number of benzene rings is 2. The molecule has 0 spiro atoms. The quantitative estimate of drug-likeness (QED) is 0.850. The van der Waals surface area contributed by atoms with Gasteiger partial charge in [0.2, 0.25) is 5.91 Å². The molecule has 28 heavy (non-hydrogen) atoms. The molecule has 1 saturated heterocycles. The molecule has 1 aliphatic heterocycles. The maximum atomic E-state index is 12.6. The van der Waals surface area contributed by atoms with Crippen molar-refractivity contribution in [3.8, 4) is 0 Å². The number of nitrogens with one attached hydrogen (secondary N) is 1. The highest BCUT2D eigenvalue weighted by Crippen LogP contribution is 2.30. The minimum Gasteiger partial charge on any atom is -0.369 e. The largest absolute Gasteiger partial charge is 0.416 e. The van der Waals surface area contributed by atoms with Crippen LogP contribution in [0.5, 0.6) is 0 Å². The van der Waals surface area contributed by atoms with E-state index in [1.165, 1.54) is 23.4 Å². The average molecular weight is 391 g/mol. The van der Waals surface area contributed by atoms with Crippen LogP contribution in [0.2, 0.25) is 0 Å². The van der Waals surface area contributed by atoms with Crippen LogP contribution in [-0.4, -0.2) is 43.0 Å². The lowest BCUT2D eigenvalue weighted by atomic mass is 10.1. The lowest BCUT2D eigenvalue weighted by molar-refractivity contribution is -0.137. The van der Waals surface area contributed by atoms with Gasteiger partial charge in [0.15, 0.2) is 0 Å². The summed E-state index contributed by atoms with van der Waals surface area (Å²) in [5.41, 5.74) is 2.07. The molecule has 1 atom stereocenters. The van der Waals surface area contributed by atoms with E-state index in [9.17, 15) is 18.0 Å². The third kappa shape index (κ3) is 4.65. The number of hydrogen-bond donors (Lipinski definition) is 1. The lowest BCUT2D eigenvalue weighted by Gasteiger charge is -2.39. The van der Waals surface area contributed by atoms with Crippen LogP contribution < -0.4 is 10.2 Å². The molecule has 1 heterocycles.